The maximum Gasteiger partial charge on any atom is 0.257 e. The summed E-state index contributed by atoms with van der Waals surface area (Å²) in [5.74, 6) is 0.698. The number of fused-ring (bicyclic) bond motifs is 1. The van der Waals surface area contributed by atoms with Gasteiger partial charge in [0.05, 0.1) is 12.7 Å². The molecular weight excluding hydrogens is 348 g/mol. The quantitative estimate of drug-likeness (QED) is 0.689. The zero-order valence-electron chi connectivity index (χ0n) is 16.5. The first-order valence-corrected chi connectivity index (χ1v) is 9.78. The van der Waals surface area contributed by atoms with Gasteiger partial charge in [0.15, 0.2) is 0 Å². The predicted octanol–water partition coefficient (Wildman–Crippen LogP) is 4.11. The van der Waals surface area contributed by atoms with Crippen molar-refractivity contribution in [3.8, 4) is 5.75 Å². The minimum atomic E-state index is 0.0535. The summed E-state index contributed by atoms with van der Waals surface area (Å²) in [7, 11) is 1.63. The van der Waals surface area contributed by atoms with Crippen LogP contribution in [0.5, 0.6) is 5.75 Å². The zero-order valence-corrected chi connectivity index (χ0v) is 16.5. The predicted molar refractivity (Wildman–Crippen MR) is 113 cm³/mol. The van der Waals surface area contributed by atoms with E-state index in [4.69, 9.17) is 4.74 Å². The van der Waals surface area contributed by atoms with Gasteiger partial charge < -0.3 is 9.64 Å². The van der Waals surface area contributed by atoms with Gasteiger partial charge in [-0.2, -0.15) is 0 Å². The van der Waals surface area contributed by atoms with E-state index in [1.807, 2.05) is 41.3 Å². The summed E-state index contributed by atoms with van der Waals surface area (Å²) in [6.45, 7) is 6.30. The Kier molecular flexibility index (Phi) is 5.31. The third-order valence-electron chi connectivity index (χ3n) is 5.45. The third kappa shape index (κ3) is 3.87. The van der Waals surface area contributed by atoms with E-state index >= 15 is 0 Å². The van der Waals surface area contributed by atoms with Crippen LogP contribution in [0.2, 0.25) is 0 Å². The average molecular weight is 374 g/mol. The number of methoxy groups -OCH3 is 1. The fourth-order valence-electron chi connectivity index (χ4n) is 3.90. The van der Waals surface area contributed by atoms with E-state index in [2.05, 4.69) is 36.1 Å². The average Bonchev–Trinajstić information content (AvgIpc) is 2.73. The zero-order chi connectivity index (χ0) is 19.5. The molecule has 0 saturated carbocycles. The summed E-state index contributed by atoms with van der Waals surface area (Å²) in [5.41, 5.74) is 3.26. The summed E-state index contributed by atoms with van der Waals surface area (Å²) >= 11 is 0. The molecule has 1 fully saturated rings. The highest BCUT2D eigenvalue weighted by molar-refractivity contribution is 6.01. The van der Waals surface area contributed by atoms with E-state index < -0.39 is 0 Å². The minimum Gasteiger partial charge on any atom is -0.496 e. The Balaban J connectivity index is 1.46. The Morgan fingerprint density at radius 2 is 1.64 bits per heavy atom. The van der Waals surface area contributed by atoms with Crippen molar-refractivity contribution in [2.24, 2.45) is 0 Å². The molecule has 1 heterocycles. The smallest absolute Gasteiger partial charge is 0.257 e. The van der Waals surface area contributed by atoms with Crippen molar-refractivity contribution in [3.63, 3.8) is 0 Å². The van der Waals surface area contributed by atoms with E-state index in [0.717, 1.165) is 43.5 Å². The maximum atomic E-state index is 13.2. The summed E-state index contributed by atoms with van der Waals surface area (Å²) in [5, 5.41) is 2.14. The molecule has 1 amide bonds. The van der Waals surface area contributed by atoms with Gasteiger partial charge in [-0.15, -0.1) is 0 Å². The molecule has 144 valence electrons. The van der Waals surface area contributed by atoms with Gasteiger partial charge >= 0.3 is 0 Å². The van der Waals surface area contributed by atoms with Gasteiger partial charge in [-0.1, -0.05) is 54.1 Å². The van der Waals surface area contributed by atoms with Crippen LogP contribution >= 0.6 is 0 Å². The van der Waals surface area contributed by atoms with Gasteiger partial charge in [0.2, 0.25) is 0 Å². The lowest BCUT2D eigenvalue weighted by atomic mass is 10.0. The number of nitrogens with zero attached hydrogens (tertiary/aromatic N) is 2. The van der Waals surface area contributed by atoms with E-state index in [1.165, 1.54) is 11.1 Å². The molecule has 0 bridgehead atoms. The molecule has 4 nitrogen and oxygen atoms in total. The summed E-state index contributed by atoms with van der Waals surface area (Å²) in [6.07, 6.45) is 0. The van der Waals surface area contributed by atoms with Gasteiger partial charge in [-0.25, -0.2) is 0 Å². The van der Waals surface area contributed by atoms with Crippen LogP contribution in [0.1, 0.15) is 21.5 Å². The number of benzene rings is 3. The molecule has 4 rings (SSSR count). The molecule has 1 aliphatic heterocycles. The molecule has 3 aromatic carbocycles. The van der Waals surface area contributed by atoms with Crippen molar-refractivity contribution in [2.75, 3.05) is 33.3 Å². The largest absolute Gasteiger partial charge is 0.496 e. The van der Waals surface area contributed by atoms with E-state index in [1.54, 1.807) is 7.11 Å². The van der Waals surface area contributed by atoms with Crippen molar-refractivity contribution >= 4 is 16.7 Å². The fraction of sp³-hybridized carbons (Fsp3) is 0.292. The third-order valence-corrected chi connectivity index (χ3v) is 5.45. The van der Waals surface area contributed by atoms with Crippen LogP contribution in [0.3, 0.4) is 0 Å². The lowest BCUT2D eigenvalue weighted by molar-refractivity contribution is 0.0625. The molecule has 28 heavy (non-hydrogen) atoms. The normalized spacial score (nSPS) is 15.0. The SMILES string of the molecule is COc1cc2ccccc2cc1C(=O)N1CCN(Cc2cccc(C)c2)CC1. The highest BCUT2D eigenvalue weighted by Gasteiger charge is 2.24. The minimum absolute atomic E-state index is 0.0535. The standard InChI is InChI=1S/C24H26N2O2/c1-18-6-5-7-19(14-18)17-25-10-12-26(13-11-25)24(27)22-15-20-8-3-4-9-21(20)16-23(22)28-2/h3-9,14-16H,10-13,17H2,1-2H3. The molecule has 0 aromatic heterocycles. The molecule has 0 aliphatic carbocycles. The molecule has 4 heteroatoms. The Morgan fingerprint density at radius 1 is 0.929 bits per heavy atom. The fourth-order valence-corrected chi connectivity index (χ4v) is 3.90. The Hall–Kier alpha value is -2.85. The lowest BCUT2D eigenvalue weighted by Gasteiger charge is -2.35. The Morgan fingerprint density at radius 3 is 2.32 bits per heavy atom. The van der Waals surface area contributed by atoms with Crippen molar-refractivity contribution in [1.29, 1.82) is 0 Å². The van der Waals surface area contributed by atoms with Gasteiger partial charge in [0, 0.05) is 32.7 Å². The summed E-state index contributed by atoms with van der Waals surface area (Å²) in [4.78, 5) is 17.5. The first-order valence-electron chi connectivity index (χ1n) is 9.78. The van der Waals surface area contributed by atoms with Crippen LogP contribution in [-0.2, 0) is 6.54 Å². The van der Waals surface area contributed by atoms with E-state index in [-0.39, 0.29) is 5.91 Å². The highest BCUT2D eigenvalue weighted by atomic mass is 16.5. The highest BCUT2D eigenvalue weighted by Crippen LogP contribution is 2.27. The molecule has 0 spiro atoms. The number of piperazine rings is 1. The van der Waals surface area contributed by atoms with E-state index in [9.17, 15) is 4.79 Å². The van der Waals surface area contributed by atoms with Crippen LogP contribution in [0.4, 0.5) is 0 Å². The number of carbonyl (C=O) groups is 1. The number of hydrogen-bond acceptors (Lipinski definition) is 3. The van der Waals surface area contributed by atoms with Crippen LogP contribution in [0.25, 0.3) is 10.8 Å². The number of rotatable bonds is 4. The van der Waals surface area contributed by atoms with Crippen molar-refractivity contribution in [2.45, 2.75) is 13.5 Å². The maximum absolute atomic E-state index is 13.2. The van der Waals surface area contributed by atoms with Crippen molar-refractivity contribution in [3.05, 3.63) is 77.4 Å². The number of amides is 1. The molecule has 0 atom stereocenters. The van der Waals surface area contributed by atoms with Crippen LogP contribution < -0.4 is 4.74 Å². The second kappa shape index (κ2) is 8.03. The van der Waals surface area contributed by atoms with Crippen molar-refractivity contribution < 1.29 is 9.53 Å². The summed E-state index contributed by atoms with van der Waals surface area (Å²) < 4.78 is 5.52. The Bertz CT molecular complexity index is 991. The molecule has 3 aromatic rings. The first kappa shape index (κ1) is 18.5. The number of ether oxygens (including phenoxy) is 1. The lowest BCUT2D eigenvalue weighted by Crippen LogP contribution is -2.48. The second-order valence-corrected chi connectivity index (χ2v) is 7.46. The van der Waals surface area contributed by atoms with Crippen molar-refractivity contribution in [1.82, 2.24) is 9.80 Å². The number of carbonyl (C=O) groups excluding carboxylic acids is 1. The summed E-state index contributed by atoms with van der Waals surface area (Å²) in [6, 6.07) is 20.6. The topological polar surface area (TPSA) is 32.8 Å². The molecule has 0 N–H and O–H groups in total. The van der Waals surface area contributed by atoms with Gasteiger partial charge in [0.25, 0.3) is 5.91 Å². The first-order chi connectivity index (χ1) is 13.6. The Labute approximate surface area is 166 Å². The van der Waals surface area contributed by atoms with Gasteiger partial charge in [-0.05, 0) is 35.4 Å². The monoisotopic (exact) mass is 374 g/mol. The van der Waals surface area contributed by atoms with Gasteiger partial charge in [0.1, 0.15) is 5.75 Å². The van der Waals surface area contributed by atoms with Crippen LogP contribution in [0.15, 0.2) is 60.7 Å². The van der Waals surface area contributed by atoms with Crippen LogP contribution in [0, 0.1) is 6.92 Å². The molecule has 1 aliphatic rings. The van der Waals surface area contributed by atoms with Gasteiger partial charge in [-0.3, -0.25) is 9.69 Å². The second-order valence-electron chi connectivity index (χ2n) is 7.46. The molecule has 1 saturated heterocycles. The molecule has 0 unspecified atom stereocenters. The number of aryl methyl sites for hydroxylation is 1. The molecular formula is C24H26N2O2. The van der Waals surface area contributed by atoms with Crippen LogP contribution in [-0.4, -0.2) is 49.0 Å². The van der Waals surface area contributed by atoms with E-state index in [0.29, 0.717) is 11.3 Å². The number of hydrogen-bond donors (Lipinski definition) is 0. The molecule has 0 radical (unpaired) electrons.